The molecular weight excluding hydrogens is 398 g/mol. The second-order valence-electron chi connectivity index (χ2n) is 6.38. The van der Waals surface area contributed by atoms with Crippen LogP contribution in [0.5, 0.6) is 0 Å². The first-order chi connectivity index (χ1) is 14.1. The lowest BCUT2D eigenvalue weighted by Crippen LogP contribution is -2.57. The molecule has 1 aromatic carbocycles. The van der Waals surface area contributed by atoms with Gasteiger partial charge < -0.3 is 37.6 Å². The van der Waals surface area contributed by atoms with Crippen LogP contribution in [-0.2, 0) is 30.4 Å². The number of amides is 4. The van der Waals surface area contributed by atoms with Crippen molar-refractivity contribution in [3.63, 3.8) is 0 Å². The van der Waals surface area contributed by atoms with E-state index in [-0.39, 0.29) is 6.42 Å². The Hall–Kier alpha value is -3.51. The van der Waals surface area contributed by atoms with E-state index in [1.54, 1.807) is 30.3 Å². The van der Waals surface area contributed by atoms with Gasteiger partial charge in [-0.1, -0.05) is 30.3 Å². The highest BCUT2D eigenvalue weighted by molar-refractivity contribution is 5.95. The lowest BCUT2D eigenvalue weighted by Gasteiger charge is -2.22. The predicted molar refractivity (Wildman–Crippen MR) is 104 cm³/mol. The summed E-state index contributed by atoms with van der Waals surface area (Å²) >= 11 is 0. The highest BCUT2D eigenvalue weighted by Crippen LogP contribution is 2.03. The van der Waals surface area contributed by atoms with Crippen LogP contribution in [0.4, 0.5) is 0 Å². The number of nitrogens with one attached hydrogen (secondary N) is 3. The molecule has 12 nitrogen and oxygen atoms in total. The zero-order valence-electron chi connectivity index (χ0n) is 16.0. The second kappa shape index (κ2) is 12.1. The number of benzene rings is 1. The highest BCUT2D eigenvalue weighted by atomic mass is 16.4. The van der Waals surface area contributed by atoms with Crippen LogP contribution < -0.4 is 27.4 Å². The topological polar surface area (TPSA) is 214 Å². The van der Waals surface area contributed by atoms with E-state index in [2.05, 4.69) is 10.6 Å². The normalized spacial score (nSPS) is 13.4. The average Bonchev–Trinajstić information content (AvgIpc) is 2.69. The van der Waals surface area contributed by atoms with Gasteiger partial charge in [0.15, 0.2) is 0 Å². The van der Waals surface area contributed by atoms with Crippen LogP contribution in [0.25, 0.3) is 0 Å². The van der Waals surface area contributed by atoms with Gasteiger partial charge in [-0.05, 0) is 12.0 Å². The quantitative estimate of drug-likeness (QED) is 0.179. The molecule has 3 atom stereocenters. The van der Waals surface area contributed by atoms with Gasteiger partial charge in [0, 0.05) is 0 Å². The molecule has 164 valence electrons. The number of primary amides is 1. The third kappa shape index (κ3) is 8.67. The monoisotopic (exact) mass is 423 g/mol. The maximum atomic E-state index is 12.4. The van der Waals surface area contributed by atoms with E-state index in [1.165, 1.54) is 0 Å². The van der Waals surface area contributed by atoms with Crippen molar-refractivity contribution < 1.29 is 34.2 Å². The molecule has 0 heterocycles. The van der Waals surface area contributed by atoms with Crippen molar-refractivity contribution in [3.8, 4) is 0 Å². The first-order valence-electron chi connectivity index (χ1n) is 8.93. The smallest absolute Gasteiger partial charge is 0.322 e. The van der Waals surface area contributed by atoms with Crippen LogP contribution in [-0.4, -0.2) is 71.1 Å². The molecule has 30 heavy (non-hydrogen) atoms. The molecule has 0 spiro atoms. The van der Waals surface area contributed by atoms with Crippen molar-refractivity contribution in [2.75, 3.05) is 13.2 Å². The molecule has 0 fully saturated rings. The van der Waals surface area contributed by atoms with E-state index < -0.39 is 67.3 Å². The molecule has 1 rings (SSSR count). The fraction of sp³-hybridized carbons (Fsp3) is 0.389. The predicted octanol–water partition coefficient (Wildman–Crippen LogP) is -3.41. The Morgan fingerprint density at radius 3 is 2.07 bits per heavy atom. The molecule has 0 saturated heterocycles. The van der Waals surface area contributed by atoms with Gasteiger partial charge in [0.05, 0.1) is 19.1 Å². The molecule has 1 aromatic rings. The first-order valence-corrected chi connectivity index (χ1v) is 8.93. The van der Waals surface area contributed by atoms with Gasteiger partial charge in [-0.15, -0.1) is 0 Å². The third-order valence-corrected chi connectivity index (χ3v) is 3.90. The minimum atomic E-state index is -1.50. The van der Waals surface area contributed by atoms with Crippen LogP contribution in [0.2, 0.25) is 0 Å². The highest BCUT2D eigenvalue weighted by Gasteiger charge is 2.29. The maximum absolute atomic E-state index is 12.4. The summed E-state index contributed by atoms with van der Waals surface area (Å²) in [6.45, 7) is -1.57. The number of carbonyl (C=O) groups excluding carboxylic acids is 4. The van der Waals surface area contributed by atoms with E-state index in [4.69, 9.17) is 16.6 Å². The number of hydrogen-bond acceptors (Lipinski definition) is 7. The van der Waals surface area contributed by atoms with Crippen molar-refractivity contribution in [1.29, 1.82) is 0 Å². The molecule has 0 saturated carbocycles. The Morgan fingerprint density at radius 2 is 1.53 bits per heavy atom. The summed E-state index contributed by atoms with van der Waals surface area (Å²) in [4.78, 5) is 58.4. The zero-order valence-corrected chi connectivity index (χ0v) is 16.0. The number of aliphatic hydroxyl groups is 1. The fourth-order valence-electron chi connectivity index (χ4n) is 2.40. The lowest BCUT2D eigenvalue weighted by molar-refractivity contribution is -0.139. The summed E-state index contributed by atoms with van der Waals surface area (Å²) in [6.07, 6.45) is -0.404. The molecule has 0 aliphatic heterocycles. The van der Waals surface area contributed by atoms with Gasteiger partial charge in [0.1, 0.15) is 18.6 Å². The van der Waals surface area contributed by atoms with Crippen LogP contribution in [0, 0.1) is 0 Å². The van der Waals surface area contributed by atoms with E-state index in [1.807, 2.05) is 5.32 Å². The zero-order chi connectivity index (χ0) is 22.7. The summed E-state index contributed by atoms with van der Waals surface area (Å²) in [7, 11) is 0. The minimum absolute atomic E-state index is 0.175. The van der Waals surface area contributed by atoms with E-state index in [0.717, 1.165) is 5.56 Å². The summed E-state index contributed by atoms with van der Waals surface area (Å²) in [5.74, 6) is -4.88. The fourth-order valence-corrected chi connectivity index (χ4v) is 2.40. The summed E-state index contributed by atoms with van der Waals surface area (Å²) < 4.78 is 0. The van der Waals surface area contributed by atoms with Crippen LogP contribution in [0.15, 0.2) is 30.3 Å². The van der Waals surface area contributed by atoms with Gasteiger partial charge in [0.25, 0.3) is 0 Å². The number of nitrogens with two attached hydrogens (primary N) is 2. The Morgan fingerprint density at radius 1 is 0.933 bits per heavy atom. The van der Waals surface area contributed by atoms with Crippen molar-refractivity contribution in [3.05, 3.63) is 35.9 Å². The molecule has 0 aliphatic rings. The Kier molecular flexibility index (Phi) is 9.92. The summed E-state index contributed by atoms with van der Waals surface area (Å²) in [5.41, 5.74) is 11.8. The lowest BCUT2D eigenvalue weighted by atomic mass is 10.1. The molecule has 4 amide bonds. The number of carboxylic acids is 1. The largest absolute Gasteiger partial charge is 0.480 e. The van der Waals surface area contributed by atoms with E-state index in [0.29, 0.717) is 0 Å². The van der Waals surface area contributed by atoms with Gasteiger partial charge in [-0.2, -0.15) is 0 Å². The molecule has 0 bridgehead atoms. The minimum Gasteiger partial charge on any atom is -0.480 e. The SMILES string of the molecule is NC(=O)CC(NC(=O)C(N)Cc1ccccc1)C(=O)NC(CO)C(=O)NCC(=O)O. The Labute approximate surface area is 172 Å². The summed E-state index contributed by atoms with van der Waals surface area (Å²) in [6, 6.07) is 4.90. The van der Waals surface area contributed by atoms with Crippen molar-refractivity contribution >= 4 is 29.6 Å². The van der Waals surface area contributed by atoms with Crippen molar-refractivity contribution in [1.82, 2.24) is 16.0 Å². The maximum Gasteiger partial charge on any atom is 0.322 e. The molecule has 3 unspecified atom stereocenters. The molecule has 9 N–H and O–H groups in total. The molecule has 0 aromatic heterocycles. The van der Waals surface area contributed by atoms with Gasteiger partial charge in [-0.3, -0.25) is 24.0 Å². The second-order valence-corrected chi connectivity index (χ2v) is 6.38. The molecule has 0 aliphatic carbocycles. The molecular formula is C18H25N5O7. The van der Waals surface area contributed by atoms with Crippen LogP contribution in [0.1, 0.15) is 12.0 Å². The Bertz CT molecular complexity index is 771. The molecule has 0 radical (unpaired) electrons. The number of carbonyl (C=O) groups is 5. The number of carboxylic acid groups (broad SMARTS) is 1. The number of aliphatic carboxylic acids is 1. The van der Waals surface area contributed by atoms with Crippen LogP contribution >= 0.6 is 0 Å². The summed E-state index contributed by atoms with van der Waals surface area (Å²) in [5, 5.41) is 24.3. The van der Waals surface area contributed by atoms with Crippen molar-refractivity contribution in [2.45, 2.75) is 31.0 Å². The van der Waals surface area contributed by atoms with Gasteiger partial charge >= 0.3 is 5.97 Å². The average molecular weight is 423 g/mol. The van der Waals surface area contributed by atoms with Gasteiger partial charge in [-0.25, -0.2) is 0 Å². The third-order valence-electron chi connectivity index (χ3n) is 3.90. The molecule has 12 heteroatoms. The van der Waals surface area contributed by atoms with Crippen molar-refractivity contribution in [2.24, 2.45) is 11.5 Å². The Balaban J connectivity index is 2.77. The standard InChI is InChI=1S/C18H25N5O7/c19-11(6-10-4-2-1-3-5-10)16(28)22-12(7-14(20)25)18(30)23-13(9-24)17(29)21-8-15(26)27/h1-5,11-13,24H,6-9,19H2,(H2,20,25)(H,21,29)(H,22,28)(H,23,30)(H,26,27). The van der Waals surface area contributed by atoms with E-state index >= 15 is 0 Å². The number of aliphatic hydroxyl groups excluding tert-OH is 1. The van der Waals surface area contributed by atoms with Crippen LogP contribution in [0.3, 0.4) is 0 Å². The first kappa shape index (κ1) is 24.5. The number of hydrogen-bond donors (Lipinski definition) is 7. The van der Waals surface area contributed by atoms with E-state index in [9.17, 15) is 29.1 Å². The number of rotatable bonds is 12. The van der Waals surface area contributed by atoms with Gasteiger partial charge in [0.2, 0.25) is 23.6 Å².